The molecule has 3 nitrogen and oxygen atoms in total. The van der Waals surface area contributed by atoms with Crippen molar-refractivity contribution in [3.63, 3.8) is 0 Å². The zero-order valence-electron chi connectivity index (χ0n) is 5.49. The molecule has 0 aromatic heterocycles. The molecule has 0 bridgehead atoms. The van der Waals surface area contributed by atoms with Crippen LogP contribution in [0.5, 0.6) is 0 Å². The number of hydrogen-bond acceptors (Lipinski definition) is 3. The number of nitrogens with zero attached hydrogens (tertiary/aromatic N) is 2. The molecule has 1 aliphatic rings. The Balaban J connectivity index is 2.55. The van der Waals surface area contributed by atoms with Crippen molar-refractivity contribution in [3.8, 4) is 0 Å². The number of hydrogen-bond donors (Lipinski definition) is 1. The second kappa shape index (κ2) is 2.64. The third-order valence-electron chi connectivity index (χ3n) is 1.38. The minimum atomic E-state index is 0.287. The van der Waals surface area contributed by atoms with E-state index in [1.165, 1.54) is 0 Å². The van der Waals surface area contributed by atoms with Crippen LogP contribution in [0.25, 0.3) is 0 Å². The largest absolute Gasteiger partial charge is 0.308 e. The Labute approximate surface area is 54.8 Å². The monoisotopic (exact) mass is 125 g/mol. The lowest BCUT2D eigenvalue weighted by molar-refractivity contribution is 0.341. The van der Waals surface area contributed by atoms with E-state index in [9.17, 15) is 0 Å². The van der Waals surface area contributed by atoms with Crippen molar-refractivity contribution in [2.45, 2.75) is 19.4 Å². The molecule has 0 amide bonds. The van der Waals surface area contributed by atoms with E-state index in [2.05, 4.69) is 11.9 Å². The summed E-state index contributed by atoms with van der Waals surface area (Å²) >= 11 is 0. The Hall–Kier alpha value is -0.830. The summed E-state index contributed by atoms with van der Waals surface area (Å²) < 4.78 is 0. The Morgan fingerprint density at radius 1 is 1.78 bits per heavy atom. The second-order valence-corrected chi connectivity index (χ2v) is 2.02. The highest BCUT2D eigenvalue weighted by Crippen LogP contribution is 2.00. The average molecular weight is 125 g/mol. The molecule has 0 saturated heterocycles. The highest BCUT2D eigenvalue weighted by molar-refractivity contribution is 5.66. The zero-order valence-corrected chi connectivity index (χ0v) is 5.49. The Morgan fingerprint density at radius 2 is 2.56 bits per heavy atom. The molecule has 2 N–H and O–H groups in total. The zero-order chi connectivity index (χ0) is 6.69. The van der Waals surface area contributed by atoms with Gasteiger partial charge in [0.25, 0.3) is 0 Å². The smallest absolute Gasteiger partial charge is 0.0794 e. The van der Waals surface area contributed by atoms with Crippen molar-refractivity contribution < 1.29 is 0 Å². The van der Waals surface area contributed by atoms with Crippen molar-refractivity contribution in [1.29, 1.82) is 0 Å². The molecule has 3 heteroatoms. The average Bonchev–Trinajstić information content (AvgIpc) is 1.89. The van der Waals surface area contributed by atoms with E-state index in [0.29, 0.717) is 0 Å². The summed E-state index contributed by atoms with van der Waals surface area (Å²) in [6.45, 7) is 2.08. The van der Waals surface area contributed by atoms with E-state index in [0.717, 1.165) is 6.42 Å². The summed E-state index contributed by atoms with van der Waals surface area (Å²) in [5, 5.41) is 1.66. The van der Waals surface area contributed by atoms with Crippen molar-refractivity contribution in [1.82, 2.24) is 5.01 Å². The molecular weight excluding hydrogens is 114 g/mol. The van der Waals surface area contributed by atoms with Crippen LogP contribution in [0, 0.1) is 0 Å². The van der Waals surface area contributed by atoms with Crippen LogP contribution in [0.15, 0.2) is 17.4 Å². The first kappa shape index (κ1) is 6.29. The third-order valence-corrected chi connectivity index (χ3v) is 1.38. The minimum absolute atomic E-state index is 0.287. The van der Waals surface area contributed by atoms with Gasteiger partial charge in [0.1, 0.15) is 0 Å². The maximum absolute atomic E-state index is 5.54. The predicted octanol–water partition coefficient (Wildman–Crippen LogP) is 0.496. The van der Waals surface area contributed by atoms with Gasteiger partial charge in [-0.05, 0) is 6.42 Å². The molecule has 1 heterocycles. The van der Waals surface area contributed by atoms with E-state index in [4.69, 9.17) is 5.84 Å². The van der Waals surface area contributed by atoms with Crippen molar-refractivity contribution in [2.24, 2.45) is 10.8 Å². The summed E-state index contributed by atoms with van der Waals surface area (Å²) in [4.78, 5) is 3.95. The molecule has 0 aromatic rings. The number of nitrogens with two attached hydrogens (primary N) is 1. The fourth-order valence-corrected chi connectivity index (χ4v) is 0.768. The quantitative estimate of drug-likeness (QED) is 0.518. The van der Waals surface area contributed by atoms with Crippen molar-refractivity contribution >= 4 is 6.21 Å². The molecule has 9 heavy (non-hydrogen) atoms. The van der Waals surface area contributed by atoms with Crippen molar-refractivity contribution in [2.75, 3.05) is 0 Å². The summed E-state index contributed by atoms with van der Waals surface area (Å²) in [6.07, 6.45) is 6.31. The molecule has 1 aliphatic heterocycles. The molecular formula is C6H11N3. The van der Waals surface area contributed by atoms with E-state index in [-0.39, 0.29) is 6.04 Å². The molecule has 1 unspecified atom stereocenters. The Bertz CT molecular complexity index is 139. The van der Waals surface area contributed by atoms with Gasteiger partial charge in [-0.2, -0.15) is 0 Å². The first-order valence-electron chi connectivity index (χ1n) is 3.07. The van der Waals surface area contributed by atoms with Gasteiger partial charge in [-0.15, -0.1) is 0 Å². The molecule has 0 saturated carbocycles. The number of hydrazine groups is 1. The fraction of sp³-hybridized carbons (Fsp3) is 0.500. The predicted molar refractivity (Wildman–Crippen MR) is 37.7 cm³/mol. The molecule has 0 spiro atoms. The minimum Gasteiger partial charge on any atom is -0.308 e. The molecule has 0 aromatic carbocycles. The van der Waals surface area contributed by atoms with Gasteiger partial charge >= 0.3 is 0 Å². The van der Waals surface area contributed by atoms with Crippen molar-refractivity contribution in [3.05, 3.63) is 12.4 Å². The normalized spacial score (nSPS) is 25.1. The van der Waals surface area contributed by atoms with E-state index in [1.54, 1.807) is 17.4 Å². The number of rotatable bonds is 1. The highest BCUT2D eigenvalue weighted by Gasteiger charge is 2.07. The van der Waals surface area contributed by atoms with Crippen LogP contribution < -0.4 is 5.84 Å². The van der Waals surface area contributed by atoms with Crippen LogP contribution in [0.2, 0.25) is 0 Å². The maximum Gasteiger partial charge on any atom is 0.0794 e. The van der Waals surface area contributed by atoms with Gasteiger partial charge in [-0.1, -0.05) is 6.92 Å². The summed E-state index contributed by atoms with van der Waals surface area (Å²) in [6, 6.07) is 0.287. The van der Waals surface area contributed by atoms with Gasteiger partial charge in [0.05, 0.1) is 6.04 Å². The van der Waals surface area contributed by atoms with Crippen LogP contribution in [-0.4, -0.2) is 17.3 Å². The molecule has 0 radical (unpaired) electrons. The first-order chi connectivity index (χ1) is 4.34. The first-order valence-corrected chi connectivity index (χ1v) is 3.07. The molecule has 50 valence electrons. The van der Waals surface area contributed by atoms with Crippen LogP contribution in [0.3, 0.4) is 0 Å². The molecule has 1 atom stereocenters. The lowest BCUT2D eigenvalue weighted by atomic mass is 10.2. The van der Waals surface area contributed by atoms with Crippen LogP contribution >= 0.6 is 0 Å². The van der Waals surface area contributed by atoms with Crippen LogP contribution in [0.1, 0.15) is 13.3 Å². The topological polar surface area (TPSA) is 41.6 Å². The Kier molecular flexibility index (Phi) is 1.85. The summed E-state index contributed by atoms with van der Waals surface area (Å²) in [5.74, 6) is 5.54. The molecule has 1 rings (SSSR count). The van der Waals surface area contributed by atoms with E-state index < -0.39 is 0 Å². The van der Waals surface area contributed by atoms with Gasteiger partial charge in [0.2, 0.25) is 0 Å². The lowest BCUT2D eigenvalue weighted by Gasteiger charge is -2.22. The SMILES string of the molecule is CCC1C=NC=CN1N. The molecule has 0 fully saturated rings. The maximum atomic E-state index is 5.54. The third kappa shape index (κ3) is 1.29. The van der Waals surface area contributed by atoms with E-state index in [1.807, 2.05) is 6.21 Å². The highest BCUT2D eigenvalue weighted by atomic mass is 15.4. The van der Waals surface area contributed by atoms with E-state index >= 15 is 0 Å². The second-order valence-electron chi connectivity index (χ2n) is 2.02. The van der Waals surface area contributed by atoms with Crippen LogP contribution in [-0.2, 0) is 0 Å². The van der Waals surface area contributed by atoms with Gasteiger partial charge in [-0.3, -0.25) is 4.99 Å². The summed E-state index contributed by atoms with van der Waals surface area (Å²) in [7, 11) is 0. The Morgan fingerprint density at radius 3 is 3.00 bits per heavy atom. The van der Waals surface area contributed by atoms with Gasteiger partial charge in [-0.25, -0.2) is 5.84 Å². The number of aliphatic imine (C=N–C) groups is 1. The standard InChI is InChI=1S/C6H11N3/c1-2-6-5-8-3-4-9(6)7/h3-6H,2,7H2,1H3. The fourth-order valence-electron chi connectivity index (χ4n) is 0.768. The van der Waals surface area contributed by atoms with Gasteiger partial charge < -0.3 is 5.01 Å². The summed E-state index contributed by atoms with van der Waals surface area (Å²) in [5.41, 5.74) is 0. The lowest BCUT2D eigenvalue weighted by Crippen LogP contribution is -2.38. The van der Waals surface area contributed by atoms with Gasteiger partial charge in [0, 0.05) is 18.6 Å². The molecule has 0 aliphatic carbocycles. The van der Waals surface area contributed by atoms with Crippen LogP contribution in [0.4, 0.5) is 0 Å². The van der Waals surface area contributed by atoms with Gasteiger partial charge in [0.15, 0.2) is 0 Å².